The van der Waals surface area contributed by atoms with Crippen molar-refractivity contribution in [1.82, 2.24) is 0 Å². The Morgan fingerprint density at radius 3 is 1.34 bits per heavy atom. The van der Waals surface area contributed by atoms with Gasteiger partial charge in [-0.2, -0.15) is 0 Å². The summed E-state index contributed by atoms with van der Waals surface area (Å²) < 4.78 is 87.3. The fourth-order valence-electron chi connectivity index (χ4n) is 8.45. The first-order chi connectivity index (χ1) is 25.6. The predicted octanol–water partition coefficient (Wildman–Crippen LogP) is 7.85. The van der Waals surface area contributed by atoms with E-state index in [-0.39, 0.29) is 46.5 Å². The molecule has 0 fully saturated rings. The molecule has 310 valence electrons. The minimum atomic E-state index is -4.53. The summed E-state index contributed by atoms with van der Waals surface area (Å²) in [4.78, 5) is 0. The largest absolute Gasteiger partial charge is 1.00 e. The van der Waals surface area contributed by atoms with Crippen LogP contribution in [0.15, 0.2) is 88.2 Å². The second-order valence-electron chi connectivity index (χ2n) is 19.7. The molecule has 0 amide bonds. The molecule has 0 aliphatic heterocycles. The van der Waals surface area contributed by atoms with E-state index < -0.39 is 44.7 Å². The van der Waals surface area contributed by atoms with Crippen LogP contribution < -0.4 is 28.1 Å². The molecular formula is C49H54Cl2F6Zr. The van der Waals surface area contributed by atoms with E-state index in [2.05, 4.69) is 120 Å². The summed E-state index contributed by atoms with van der Waals surface area (Å²) in [5, 5.41) is 0. The number of alkyl halides is 6. The van der Waals surface area contributed by atoms with Crippen molar-refractivity contribution in [3.8, 4) is 11.1 Å². The van der Waals surface area contributed by atoms with Gasteiger partial charge in [0, 0.05) is 0 Å². The number of fused-ring (bicyclic) bond motifs is 3. The van der Waals surface area contributed by atoms with Gasteiger partial charge in [-0.05, 0) is 0 Å². The van der Waals surface area contributed by atoms with Gasteiger partial charge in [-0.15, -0.1) is 0 Å². The Morgan fingerprint density at radius 1 is 0.534 bits per heavy atom. The zero-order valence-corrected chi connectivity index (χ0v) is 39.5. The molecule has 4 aromatic rings. The Morgan fingerprint density at radius 2 is 0.966 bits per heavy atom. The summed E-state index contributed by atoms with van der Waals surface area (Å²) in [7, 11) is 0. The summed E-state index contributed by atoms with van der Waals surface area (Å²) >= 11 is -3.60. The van der Waals surface area contributed by atoms with E-state index in [4.69, 9.17) is 0 Å². The third-order valence-electron chi connectivity index (χ3n) is 11.1. The van der Waals surface area contributed by atoms with Crippen molar-refractivity contribution in [3.05, 3.63) is 144 Å². The first-order valence-corrected chi connectivity index (χ1v) is 23.1. The number of benzene rings is 4. The third kappa shape index (κ3) is 9.43. The molecule has 2 aliphatic carbocycles. The molecule has 0 radical (unpaired) electrons. The van der Waals surface area contributed by atoms with Gasteiger partial charge < -0.3 is 24.8 Å². The van der Waals surface area contributed by atoms with E-state index in [1.54, 1.807) is 0 Å². The SMILES string of the molecule is CC(C)(C)c1cc2c(cc1C(C)(C)C)-c1cc(C(C)(C)C)c(C(C)(C)C)[c]([Zr+2]([C]3=CC=CC3)=[C](c3ccc(C(F)(F)F)cc3)c3ccc(C(F)(F)F)cc3)c1C2.[Cl-].[Cl-]. The first-order valence-electron chi connectivity index (χ1n) is 19.4. The van der Waals surface area contributed by atoms with Crippen LogP contribution in [-0.4, -0.2) is 3.21 Å². The number of halogens is 8. The van der Waals surface area contributed by atoms with Gasteiger partial charge >= 0.3 is 339 Å². The van der Waals surface area contributed by atoms with Crippen LogP contribution in [0.1, 0.15) is 145 Å². The van der Waals surface area contributed by atoms with Gasteiger partial charge in [-0.25, -0.2) is 0 Å². The summed E-state index contributed by atoms with van der Waals surface area (Å²) in [5.74, 6) is 0. The van der Waals surface area contributed by atoms with Gasteiger partial charge in [-0.3, -0.25) is 0 Å². The van der Waals surface area contributed by atoms with E-state index in [1.807, 2.05) is 0 Å². The standard InChI is InChI=1S/C29H41.C15H8F6.C5H5.2ClH.Zr/c1-26(2,3)22-14-18-13-19-15-23(27(4,5)6)25(29(10,11)12)17-21(19)20(18)16-24(22)28(7,8)9;16-14(17,18)12-5-1-10(2-6-12)9-11-3-7-13(8-4-11)15(19,20)21;1-2-4-5-3-1;;;/h14,16-17H,13H2,1-12H3;1-8H;1-3H,4H2;2*1H;/q;;;;;+2/p-2. The van der Waals surface area contributed by atoms with Crippen LogP contribution >= 0.6 is 0 Å². The first kappa shape index (κ1) is 47.9. The Balaban J connectivity index is 0.00000372. The minimum Gasteiger partial charge on any atom is -1.00 e. The monoisotopic (exact) mass is 916 g/mol. The fourth-order valence-corrected chi connectivity index (χ4v) is 17.5. The molecule has 0 N–H and O–H groups in total. The number of allylic oxidation sites excluding steroid dienone is 4. The molecule has 0 saturated heterocycles. The Labute approximate surface area is 361 Å². The van der Waals surface area contributed by atoms with Crippen molar-refractivity contribution >= 4 is 6.48 Å². The van der Waals surface area contributed by atoms with Crippen LogP contribution in [0, 0.1) is 0 Å². The zero-order chi connectivity index (χ0) is 41.6. The molecule has 0 saturated carbocycles. The van der Waals surface area contributed by atoms with Gasteiger partial charge in [0.25, 0.3) is 0 Å². The second kappa shape index (κ2) is 16.3. The quantitative estimate of drug-likeness (QED) is 0.161. The molecule has 0 atom stereocenters. The molecule has 0 aromatic heterocycles. The maximum absolute atomic E-state index is 14.0. The number of hydrogen-bond donors (Lipinski definition) is 0. The van der Waals surface area contributed by atoms with Crippen LogP contribution in [0.5, 0.6) is 0 Å². The Bertz CT molecular complexity index is 2220. The molecule has 0 unspecified atom stereocenters. The van der Waals surface area contributed by atoms with E-state index in [0.29, 0.717) is 24.0 Å². The van der Waals surface area contributed by atoms with Gasteiger partial charge in [0.2, 0.25) is 0 Å². The van der Waals surface area contributed by atoms with Crippen LogP contribution in [-0.2, 0) is 61.7 Å². The van der Waals surface area contributed by atoms with E-state index in [9.17, 15) is 26.3 Å². The van der Waals surface area contributed by atoms with Crippen LogP contribution in [0.2, 0.25) is 0 Å². The maximum Gasteiger partial charge on any atom is -1.00 e. The van der Waals surface area contributed by atoms with Crippen molar-refractivity contribution in [2.45, 2.75) is 130 Å². The summed E-state index contributed by atoms with van der Waals surface area (Å²) in [6, 6.07) is 17.8. The van der Waals surface area contributed by atoms with Gasteiger partial charge in [-0.1, -0.05) is 0 Å². The molecule has 4 aromatic carbocycles. The van der Waals surface area contributed by atoms with E-state index in [0.717, 1.165) is 27.5 Å². The molecule has 6 rings (SSSR count). The van der Waals surface area contributed by atoms with E-state index >= 15 is 0 Å². The van der Waals surface area contributed by atoms with Crippen molar-refractivity contribution in [2.24, 2.45) is 0 Å². The summed E-state index contributed by atoms with van der Waals surface area (Å²) in [6.07, 6.45) is -1.32. The van der Waals surface area contributed by atoms with Crippen LogP contribution in [0.25, 0.3) is 11.1 Å². The Kier molecular flexibility index (Phi) is 13.5. The molecular weight excluding hydrogens is 865 g/mol. The van der Waals surface area contributed by atoms with Crippen molar-refractivity contribution in [3.63, 3.8) is 0 Å². The Hall–Kier alpha value is -2.73. The molecule has 0 bridgehead atoms. The molecule has 0 heterocycles. The van der Waals surface area contributed by atoms with Crippen LogP contribution in [0.3, 0.4) is 0 Å². The van der Waals surface area contributed by atoms with Crippen molar-refractivity contribution in [2.75, 3.05) is 0 Å². The average Bonchev–Trinajstić information content (AvgIpc) is 3.72. The molecule has 9 heteroatoms. The summed E-state index contributed by atoms with van der Waals surface area (Å²) in [5.41, 5.74) is 8.93. The molecule has 2 aliphatic rings. The topological polar surface area (TPSA) is 0 Å². The third-order valence-corrected chi connectivity index (χ3v) is 18.8. The normalized spacial score (nSPS) is 14.2. The number of hydrogen-bond acceptors (Lipinski definition) is 0. The zero-order valence-electron chi connectivity index (χ0n) is 35.5. The predicted molar refractivity (Wildman–Crippen MR) is 217 cm³/mol. The fraction of sp³-hybridized carbons (Fsp3) is 0.408. The van der Waals surface area contributed by atoms with Gasteiger partial charge in [0.05, 0.1) is 0 Å². The second-order valence-corrected chi connectivity index (χ2v) is 25.5. The molecule has 0 spiro atoms. The smallest absolute Gasteiger partial charge is 1.00 e. The van der Waals surface area contributed by atoms with Crippen molar-refractivity contribution in [1.29, 1.82) is 0 Å². The molecule has 58 heavy (non-hydrogen) atoms. The average molecular weight is 919 g/mol. The van der Waals surface area contributed by atoms with Gasteiger partial charge in [0.1, 0.15) is 0 Å². The van der Waals surface area contributed by atoms with E-state index in [1.165, 1.54) is 75.3 Å². The van der Waals surface area contributed by atoms with Crippen molar-refractivity contribution < 1.29 is 72.4 Å². The summed E-state index contributed by atoms with van der Waals surface area (Å²) in [6.45, 7) is 27.0. The number of rotatable bonds is 4. The maximum atomic E-state index is 14.0. The van der Waals surface area contributed by atoms with Gasteiger partial charge in [0.15, 0.2) is 0 Å². The minimum absolute atomic E-state index is 0. The van der Waals surface area contributed by atoms with Crippen LogP contribution in [0.4, 0.5) is 26.3 Å². The molecule has 0 nitrogen and oxygen atoms in total.